The number of methoxy groups -OCH3 is 1. The highest BCUT2D eigenvalue weighted by molar-refractivity contribution is 5.94. The second kappa shape index (κ2) is 6.01. The molecule has 0 unspecified atom stereocenters. The van der Waals surface area contributed by atoms with Gasteiger partial charge in [-0.1, -0.05) is 34.8 Å². The number of halogens is 1. The van der Waals surface area contributed by atoms with Crippen LogP contribution in [0.3, 0.4) is 0 Å². The van der Waals surface area contributed by atoms with Crippen molar-refractivity contribution in [2.75, 3.05) is 7.11 Å². The number of aromatic nitrogens is 1. The summed E-state index contributed by atoms with van der Waals surface area (Å²) in [7, 11) is 1.33. The van der Waals surface area contributed by atoms with Gasteiger partial charge in [0.1, 0.15) is 0 Å². The van der Waals surface area contributed by atoms with E-state index in [0.717, 1.165) is 0 Å². The van der Waals surface area contributed by atoms with Crippen LogP contribution in [0.25, 0.3) is 0 Å². The number of rotatable bonds is 4. The Balaban J connectivity index is 2.19. The van der Waals surface area contributed by atoms with Gasteiger partial charge in [0.05, 0.1) is 13.7 Å². The van der Waals surface area contributed by atoms with Gasteiger partial charge >= 0.3 is 5.91 Å². The highest BCUT2D eigenvalue weighted by Crippen LogP contribution is 2.28. The van der Waals surface area contributed by atoms with E-state index >= 15 is 0 Å². The zero-order valence-corrected chi connectivity index (χ0v) is 10.8. The van der Waals surface area contributed by atoms with Crippen molar-refractivity contribution in [1.29, 1.82) is 0 Å². The monoisotopic (exact) mass is 276 g/mol. The van der Waals surface area contributed by atoms with Crippen molar-refractivity contribution in [2.24, 2.45) is 0 Å². The van der Waals surface area contributed by atoms with Crippen molar-refractivity contribution < 1.29 is 19.1 Å². The van der Waals surface area contributed by atoms with Crippen molar-refractivity contribution in [3.05, 3.63) is 53.9 Å². The van der Waals surface area contributed by atoms with Gasteiger partial charge in [0.15, 0.2) is 17.2 Å². The van der Waals surface area contributed by atoms with Crippen LogP contribution in [0.5, 0.6) is 11.5 Å². The van der Waals surface area contributed by atoms with E-state index in [2.05, 4.69) is 4.98 Å². The molecule has 1 aromatic heterocycles. The quantitative estimate of drug-likeness (QED) is 0.870. The summed E-state index contributed by atoms with van der Waals surface area (Å²) >= 11 is 0. The molecular weight excluding hydrogens is 263 g/mol. The van der Waals surface area contributed by atoms with E-state index in [1.807, 2.05) is 0 Å². The predicted octanol–water partition coefficient (Wildman–Crippen LogP) is 2.32. The molecular formula is C14H13FN2O3. The van der Waals surface area contributed by atoms with E-state index in [4.69, 9.17) is 4.74 Å². The number of hydrogen-bond acceptors (Lipinski definition) is 4. The molecule has 0 aliphatic carbocycles. The van der Waals surface area contributed by atoms with Crippen LogP contribution in [0.4, 0.5) is 4.48 Å². The van der Waals surface area contributed by atoms with Crippen molar-refractivity contribution in [1.82, 2.24) is 10.1 Å². The Labute approximate surface area is 115 Å². The van der Waals surface area contributed by atoms with Gasteiger partial charge in [-0.3, -0.25) is 4.79 Å². The molecule has 6 heteroatoms. The smallest absolute Gasteiger partial charge is 0.304 e. The van der Waals surface area contributed by atoms with E-state index in [-0.39, 0.29) is 23.1 Å². The van der Waals surface area contributed by atoms with Crippen molar-refractivity contribution in [3.63, 3.8) is 0 Å². The standard InChI is InChI=1S/C14H13FN2O3/c1-20-11-7-8-16-12(13(11)18)14(19)17(15)9-10-5-3-2-4-6-10/h2-8,18H,9H2,1H3. The number of carbonyl (C=O) groups excluding carboxylic acids is 1. The average molecular weight is 276 g/mol. The number of amides is 1. The Morgan fingerprint density at radius 1 is 1.35 bits per heavy atom. The van der Waals surface area contributed by atoms with E-state index in [1.54, 1.807) is 30.3 Å². The molecule has 0 aliphatic rings. The van der Waals surface area contributed by atoms with Crippen LogP contribution >= 0.6 is 0 Å². The third-order valence-corrected chi connectivity index (χ3v) is 2.69. The molecule has 20 heavy (non-hydrogen) atoms. The summed E-state index contributed by atoms with van der Waals surface area (Å²) in [6.45, 7) is -0.224. The fraction of sp³-hybridized carbons (Fsp3) is 0.143. The molecule has 0 fully saturated rings. The minimum atomic E-state index is -1.02. The average Bonchev–Trinajstić information content (AvgIpc) is 2.48. The molecule has 0 atom stereocenters. The highest BCUT2D eigenvalue weighted by atomic mass is 19.2. The first-order valence-electron chi connectivity index (χ1n) is 5.87. The van der Waals surface area contributed by atoms with E-state index < -0.39 is 11.7 Å². The van der Waals surface area contributed by atoms with Crippen LogP contribution in [0, 0.1) is 0 Å². The normalized spacial score (nSPS) is 10.1. The lowest BCUT2D eigenvalue weighted by atomic mass is 10.2. The number of hydrogen-bond donors (Lipinski definition) is 1. The van der Waals surface area contributed by atoms with Gasteiger partial charge in [-0.15, -0.1) is 0 Å². The van der Waals surface area contributed by atoms with Crippen molar-refractivity contribution in [2.45, 2.75) is 6.54 Å². The molecule has 2 aromatic rings. The minimum absolute atomic E-state index is 0.00315. The van der Waals surface area contributed by atoms with Gasteiger partial charge in [0.25, 0.3) is 0 Å². The molecule has 2 rings (SSSR count). The Kier molecular flexibility index (Phi) is 4.14. The van der Waals surface area contributed by atoms with E-state index in [1.165, 1.54) is 19.4 Å². The first kappa shape index (κ1) is 13.8. The second-order valence-electron chi connectivity index (χ2n) is 4.02. The van der Waals surface area contributed by atoms with Crippen LogP contribution in [-0.2, 0) is 6.54 Å². The molecule has 0 radical (unpaired) electrons. The first-order chi connectivity index (χ1) is 9.63. The van der Waals surface area contributed by atoms with Crippen LogP contribution < -0.4 is 4.74 Å². The Morgan fingerprint density at radius 3 is 2.70 bits per heavy atom. The lowest BCUT2D eigenvalue weighted by Gasteiger charge is -2.13. The number of ether oxygens (including phenoxy) is 1. The van der Waals surface area contributed by atoms with Crippen molar-refractivity contribution >= 4 is 5.91 Å². The zero-order chi connectivity index (χ0) is 14.5. The third-order valence-electron chi connectivity index (χ3n) is 2.69. The van der Waals surface area contributed by atoms with Crippen LogP contribution in [0.15, 0.2) is 42.6 Å². The highest BCUT2D eigenvalue weighted by Gasteiger charge is 2.23. The third kappa shape index (κ3) is 2.85. The second-order valence-corrected chi connectivity index (χ2v) is 4.02. The number of nitrogens with zero attached hydrogens (tertiary/aromatic N) is 2. The fourth-order valence-electron chi connectivity index (χ4n) is 1.69. The lowest BCUT2D eigenvalue weighted by molar-refractivity contribution is 0.0139. The number of benzene rings is 1. The molecule has 1 N–H and O–H groups in total. The fourth-order valence-corrected chi connectivity index (χ4v) is 1.69. The van der Waals surface area contributed by atoms with Gasteiger partial charge in [0.2, 0.25) is 0 Å². The van der Waals surface area contributed by atoms with Crippen molar-refractivity contribution in [3.8, 4) is 11.5 Å². The number of carbonyl (C=O) groups is 1. The molecule has 0 spiro atoms. The summed E-state index contributed by atoms with van der Waals surface area (Å²) in [5, 5.41) is 9.77. The molecule has 0 bridgehead atoms. The van der Waals surface area contributed by atoms with Gasteiger partial charge in [0, 0.05) is 12.3 Å². The minimum Gasteiger partial charge on any atom is -0.503 e. The molecule has 0 saturated heterocycles. The summed E-state index contributed by atoms with van der Waals surface area (Å²) in [5.74, 6) is -1.43. The SMILES string of the molecule is COc1ccnc(C(=O)N(F)Cc2ccccc2)c1O. The van der Waals surface area contributed by atoms with Crippen LogP contribution in [0.2, 0.25) is 0 Å². The lowest BCUT2D eigenvalue weighted by Crippen LogP contribution is -2.23. The van der Waals surface area contributed by atoms with Gasteiger partial charge < -0.3 is 9.84 Å². The van der Waals surface area contributed by atoms with E-state index in [0.29, 0.717) is 5.56 Å². The predicted molar refractivity (Wildman–Crippen MR) is 69.9 cm³/mol. The summed E-state index contributed by atoms with van der Waals surface area (Å²) in [5.41, 5.74) is 0.244. The summed E-state index contributed by atoms with van der Waals surface area (Å²) in [6, 6.07) is 10.1. The van der Waals surface area contributed by atoms with Gasteiger partial charge in [-0.25, -0.2) is 4.98 Å². The van der Waals surface area contributed by atoms with Crippen LogP contribution in [0.1, 0.15) is 16.1 Å². The maximum Gasteiger partial charge on any atom is 0.304 e. The number of pyridine rings is 1. The Bertz CT molecular complexity index is 605. The molecule has 104 valence electrons. The number of aromatic hydroxyl groups is 1. The zero-order valence-electron chi connectivity index (χ0n) is 10.8. The summed E-state index contributed by atoms with van der Waals surface area (Å²) in [4.78, 5) is 15.6. The molecule has 0 saturated carbocycles. The maximum atomic E-state index is 13.9. The Morgan fingerprint density at radius 2 is 2.05 bits per heavy atom. The van der Waals surface area contributed by atoms with Gasteiger partial charge in [-0.05, 0) is 5.56 Å². The first-order valence-corrected chi connectivity index (χ1v) is 5.87. The summed E-state index contributed by atoms with van der Waals surface area (Å²) < 4.78 is 18.7. The van der Waals surface area contributed by atoms with Crippen LogP contribution in [-0.4, -0.2) is 28.2 Å². The Hall–Kier alpha value is -2.63. The molecule has 0 aliphatic heterocycles. The molecule has 5 nitrogen and oxygen atoms in total. The maximum absolute atomic E-state index is 13.9. The largest absolute Gasteiger partial charge is 0.503 e. The topological polar surface area (TPSA) is 62.7 Å². The van der Waals surface area contributed by atoms with E-state index in [9.17, 15) is 14.4 Å². The molecule has 1 amide bonds. The molecule has 1 heterocycles. The van der Waals surface area contributed by atoms with Gasteiger partial charge in [-0.2, -0.15) is 5.12 Å². The summed E-state index contributed by atoms with van der Waals surface area (Å²) in [6.07, 6.45) is 1.27. The molecule has 1 aromatic carbocycles.